The van der Waals surface area contributed by atoms with Crippen LogP contribution in [0.4, 0.5) is 4.39 Å². The van der Waals surface area contributed by atoms with Gasteiger partial charge in [-0.2, -0.15) is 8.42 Å². The number of alkyl halides is 1. The van der Waals surface area contributed by atoms with Gasteiger partial charge in [0, 0.05) is 13.1 Å². The molecule has 0 spiro atoms. The summed E-state index contributed by atoms with van der Waals surface area (Å²) in [7, 11) is -3.42. The van der Waals surface area contributed by atoms with Crippen molar-refractivity contribution in [3.8, 4) is 0 Å². The van der Waals surface area contributed by atoms with Crippen LogP contribution in [0.1, 0.15) is 20.3 Å². The Hall–Kier alpha value is -0.200. The second-order valence-corrected chi connectivity index (χ2v) is 6.25. The molecule has 0 aromatic heterocycles. The Bertz CT molecular complexity index is 320. The predicted octanol–water partition coefficient (Wildman–Crippen LogP) is 1.03. The molecule has 1 saturated heterocycles. The zero-order valence-corrected chi connectivity index (χ0v) is 10.8. The molecule has 3 unspecified atom stereocenters. The molecule has 1 fully saturated rings. The highest BCUT2D eigenvalue weighted by Crippen LogP contribution is 2.20. The zero-order chi connectivity index (χ0) is 12.3. The molecule has 1 aliphatic heterocycles. The number of hydrogen-bond donors (Lipinski definition) is 0. The molecule has 0 aliphatic carbocycles. The van der Waals surface area contributed by atoms with Crippen LogP contribution in [0.5, 0.6) is 0 Å². The summed E-state index contributed by atoms with van der Waals surface area (Å²) in [6, 6.07) is 0. The molecule has 0 bridgehead atoms. The van der Waals surface area contributed by atoms with Gasteiger partial charge < -0.3 is 0 Å². The van der Waals surface area contributed by atoms with Gasteiger partial charge in [0.1, 0.15) is 6.17 Å². The SMILES string of the molecule is CC(CN1CCC(C)C(F)C1)OS(C)(=O)=O. The van der Waals surface area contributed by atoms with Crippen LogP contribution >= 0.6 is 0 Å². The third kappa shape index (κ3) is 4.76. The van der Waals surface area contributed by atoms with E-state index in [2.05, 4.69) is 0 Å². The highest BCUT2D eigenvalue weighted by molar-refractivity contribution is 7.86. The third-order valence-electron chi connectivity index (χ3n) is 2.81. The van der Waals surface area contributed by atoms with E-state index in [9.17, 15) is 12.8 Å². The van der Waals surface area contributed by atoms with E-state index in [0.29, 0.717) is 13.1 Å². The van der Waals surface area contributed by atoms with Crippen molar-refractivity contribution in [2.75, 3.05) is 25.9 Å². The minimum absolute atomic E-state index is 0.0994. The van der Waals surface area contributed by atoms with Crippen LogP contribution in [0.2, 0.25) is 0 Å². The highest BCUT2D eigenvalue weighted by Gasteiger charge is 2.27. The van der Waals surface area contributed by atoms with Crippen LogP contribution in [0.3, 0.4) is 0 Å². The van der Waals surface area contributed by atoms with Crippen LogP contribution in [0.15, 0.2) is 0 Å². The molecule has 0 aromatic rings. The summed E-state index contributed by atoms with van der Waals surface area (Å²) >= 11 is 0. The summed E-state index contributed by atoms with van der Waals surface area (Å²) in [4.78, 5) is 1.92. The molecule has 6 heteroatoms. The molecule has 0 N–H and O–H groups in total. The van der Waals surface area contributed by atoms with Gasteiger partial charge in [0.2, 0.25) is 0 Å². The third-order valence-corrected chi connectivity index (χ3v) is 3.48. The molecular weight excluding hydrogens is 233 g/mol. The maximum absolute atomic E-state index is 13.4. The first-order chi connectivity index (χ1) is 7.28. The Morgan fingerprint density at radius 3 is 2.69 bits per heavy atom. The smallest absolute Gasteiger partial charge is 0.264 e. The maximum atomic E-state index is 13.4. The van der Waals surface area contributed by atoms with Crippen LogP contribution in [0, 0.1) is 5.92 Å². The van der Waals surface area contributed by atoms with E-state index in [4.69, 9.17) is 4.18 Å². The molecule has 3 atom stereocenters. The number of likely N-dealkylation sites (tertiary alicyclic amines) is 1. The van der Waals surface area contributed by atoms with Gasteiger partial charge in [-0.15, -0.1) is 0 Å². The van der Waals surface area contributed by atoms with Gasteiger partial charge in [-0.25, -0.2) is 4.39 Å². The van der Waals surface area contributed by atoms with Crippen molar-refractivity contribution in [3.63, 3.8) is 0 Å². The Balaban J connectivity index is 2.38. The molecule has 1 rings (SSSR count). The fourth-order valence-electron chi connectivity index (χ4n) is 1.94. The first-order valence-corrected chi connectivity index (χ1v) is 7.34. The lowest BCUT2D eigenvalue weighted by molar-refractivity contribution is 0.0657. The van der Waals surface area contributed by atoms with Crippen molar-refractivity contribution in [1.29, 1.82) is 0 Å². The van der Waals surface area contributed by atoms with Gasteiger partial charge in [-0.3, -0.25) is 9.08 Å². The van der Waals surface area contributed by atoms with Gasteiger partial charge in [0.05, 0.1) is 12.4 Å². The van der Waals surface area contributed by atoms with Gasteiger partial charge in [0.25, 0.3) is 10.1 Å². The van der Waals surface area contributed by atoms with Crippen molar-refractivity contribution in [3.05, 3.63) is 0 Å². The van der Waals surface area contributed by atoms with Gasteiger partial charge in [-0.1, -0.05) is 6.92 Å². The maximum Gasteiger partial charge on any atom is 0.264 e. The van der Waals surface area contributed by atoms with Crippen molar-refractivity contribution in [1.82, 2.24) is 4.90 Å². The first-order valence-electron chi connectivity index (χ1n) is 5.52. The monoisotopic (exact) mass is 253 g/mol. The lowest BCUT2D eigenvalue weighted by Crippen LogP contribution is -2.44. The molecule has 0 saturated carbocycles. The summed E-state index contributed by atoms with van der Waals surface area (Å²) < 4.78 is 40.0. The molecule has 0 aromatic carbocycles. The number of piperidine rings is 1. The average Bonchev–Trinajstić information content (AvgIpc) is 2.08. The van der Waals surface area contributed by atoms with E-state index >= 15 is 0 Å². The Morgan fingerprint density at radius 2 is 2.19 bits per heavy atom. The average molecular weight is 253 g/mol. The lowest BCUT2D eigenvalue weighted by atomic mass is 9.97. The molecule has 1 aliphatic rings. The van der Waals surface area contributed by atoms with Crippen molar-refractivity contribution in [2.24, 2.45) is 5.92 Å². The van der Waals surface area contributed by atoms with E-state index in [1.54, 1.807) is 6.92 Å². The summed E-state index contributed by atoms with van der Waals surface area (Å²) in [5.41, 5.74) is 0. The molecule has 0 radical (unpaired) electrons. The molecular formula is C10H20FNO3S. The Kier molecular flexibility index (Phi) is 4.70. The minimum atomic E-state index is -3.42. The van der Waals surface area contributed by atoms with Crippen LogP contribution in [0.25, 0.3) is 0 Å². The van der Waals surface area contributed by atoms with Crippen molar-refractivity contribution >= 4 is 10.1 Å². The standard InChI is InChI=1S/C10H20FNO3S/c1-8-4-5-12(7-10(8)11)6-9(2)15-16(3,13)14/h8-10H,4-7H2,1-3H3. The van der Waals surface area contributed by atoms with E-state index in [1.165, 1.54) is 0 Å². The van der Waals surface area contributed by atoms with Gasteiger partial charge in [0.15, 0.2) is 0 Å². The fraction of sp³-hybridized carbons (Fsp3) is 1.00. The molecule has 96 valence electrons. The second kappa shape index (κ2) is 5.42. The second-order valence-electron chi connectivity index (χ2n) is 4.65. The minimum Gasteiger partial charge on any atom is -0.298 e. The van der Waals surface area contributed by atoms with Crippen LogP contribution < -0.4 is 0 Å². The van der Waals surface area contributed by atoms with Gasteiger partial charge in [-0.05, 0) is 25.8 Å². The van der Waals surface area contributed by atoms with E-state index < -0.39 is 22.4 Å². The Morgan fingerprint density at radius 1 is 1.56 bits per heavy atom. The van der Waals surface area contributed by atoms with Crippen LogP contribution in [-0.4, -0.2) is 51.5 Å². The molecule has 4 nitrogen and oxygen atoms in total. The van der Waals surface area contributed by atoms with Crippen molar-refractivity contribution < 1.29 is 17.0 Å². The quantitative estimate of drug-likeness (QED) is 0.702. The van der Waals surface area contributed by atoms with E-state index in [1.807, 2.05) is 11.8 Å². The number of rotatable bonds is 4. The molecule has 0 amide bonds. The fourth-order valence-corrected chi connectivity index (χ4v) is 2.60. The predicted molar refractivity (Wildman–Crippen MR) is 60.5 cm³/mol. The highest BCUT2D eigenvalue weighted by atomic mass is 32.2. The summed E-state index contributed by atoms with van der Waals surface area (Å²) in [5.74, 6) is 0.0994. The summed E-state index contributed by atoms with van der Waals surface area (Å²) in [6.45, 7) is 5.22. The van der Waals surface area contributed by atoms with Crippen molar-refractivity contribution in [2.45, 2.75) is 32.5 Å². The number of hydrogen-bond acceptors (Lipinski definition) is 4. The number of nitrogens with zero attached hydrogens (tertiary/aromatic N) is 1. The zero-order valence-electron chi connectivity index (χ0n) is 10.0. The molecule has 1 heterocycles. The topological polar surface area (TPSA) is 46.6 Å². The largest absolute Gasteiger partial charge is 0.298 e. The lowest BCUT2D eigenvalue weighted by Gasteiger charge is -2.34. The number of halogens is 1. The van der Waals surface area contributed by atoms with Gasteiger partial charge >= 0.3 is 0 Å². The summed E-state index contributed by atoms with van der Waals surface area (Å²) in [6.07, 6.45) is 0.599. The summed E-state index contributed by atoms with van der Waals surface area (Å²) in [5, 5.41) is 0. The first kappa shape index (κ1) is 13.9. The van der Waals surface area contributed by atoms with E-state index in [-0.39, 0.29) is 5.92 Å². The normalized spacial score (nSPS) is 30.2. The van der Waals surface area contributed by atoms with E-state index in [0.717, 1.165) is 19.2 Å². The molecule has 16 heavy (non-hydrogen) atoms. The van der Waals surface area contributed by atoms with Crippen LogP contribution in [-0.2, 0) is 14.3 Å². The Labute approximate surface area is 96.9 Å².